The number of carbonyl (C=O) groups excluding carboxylic acids is 2. The average Bonchev–Trinajstić information content (AvgIpc) is 3.40. The number of pyridine rings is 1. The third-order valence-corrected chi connectivity index (χ3v) is 6.39. The van der Waals surface area contributed by atoms with E-state index in [1.807, 2.05) is 23.2 Å². The van der Waals surface area contributed by atoms with Gasteiger partial charge in [-0.2, -0.15) is 19.8 Å². The first-order valence-corrected chi connectivity index (χ1v) is 11.4. The third-order valence-electron chi connectivity index (χ3n) is 6.39. The van der Waals surface area contributed by atoms with E-state index in [-0.39, 0.29) is 24.4 Å². The van der Waals surface area contributed by atoms with Crippen LogP contribution in [-0.4, -0.2) is 68.5 Å². The van der Waals surface area contributed by atoms with Crippen molar-refractivity contribution >= 4 is 34.7 Å². The molecule has 2 aliphatic heterocycles. The number of amides is 3. The van der Waals surface area contributed by atoms with E-state index in [1.54, 1.807) is 16.2 Å². The van der Waals surface area contributed by atoms with Gasteiger partial charge in [-0.05, 0) is 48.2 Å². The van der Waals surface area contributed by atoms with Crippen LogP contribution >= 0.6 is 0 Å². The number of nitrogens with two attached hydrogens (primary N) is 1. The van der Waals surface area contributed by atoms with Crippen LogP contribution in [0.15, 0.2) is 30.7 Å². The largest absolute Gasteiger partial charge is 0.501 e. The molecule has 3 N–H and O–H groups in total. The zero-order chi connectivity index (χ0) is 24.0. The second-order valence-electron chi connectivity index (χ2n) is 9.05. The van der Waals surface area contributed by atoms with Crippen molar-refractivity contribution in [1.82, 2.24) is 19.5 Å². The number of benzene rings is 1. The van der Waals surface area contributed by atoms with Crippen LogP contribution in [0.3, 0.4) is 0 Å². The highest BCUT2D eigenvalue weighted by Crippen LogP contribution is 2.41. The molecule has 0 unspecified atom stereocenters. The maximum atomic E-state index is 13.1. The fraction of sp³-hybridized carbons (Fsp3) is 0.375. The van der Waals surface area contributed by atoms with Gasteiger partial charge in [-0.1, -0.05) is 13.8 Å². The van der Waals surface area contributed by atoms with Crippen LogP contribution in [0.1, 0.15) is 38.2 Å². The smallest absolute Gasteiger partial charge is 0.493 e. The summed E-state index contributed by atoms with van der Waals surface area (Å²) in [5, 5.41) is 7.31. The Morgan fingerprint density at radius 2 is 2.15 bits per heavy atom. The zero-order valence-electron chi connectivity index (χ0n) is 19.5. The SMILES string of the molecule is COc1cc(-c2cc3c(cc2C(C)C)/[N+](=C2\CCCN(CC(N)=O)C2)C(=O)N3)cn2ncnc12. The first-order valence-electron chi connectivity index (χ1n) is 11.4. The number of likely N-dealkylation sites (tertiary alicyclic amines) is 1. The van der Waals surface area contributed by atoms with E-state index < -0.39 is 0 Å². The van der Waals surface area contributed by atoms with Gasteiger partial charge in [0.25, 0.3) is 0 Å². The first kappa shape index (κ1) is 22.0. The van der Waals surface area contributed by atoms with Gasteiger partial charge in [0.15, 0.2) is 22.8 Å². The van der Waals surface area contributed by atoms with Crippen LogP contribution < -0.4 is 15.8 Å². The van der Waals surface area contributed by atoms with Crippen LogP contribution in [0.25, 0.3) is 16.8 Å². The second kappa shape index (κ2) is 8.53. The molecule has 4 heterocycles. The Labute approximate surface area is 197 Å². The molecule has 176 valence electrons. The number of urea groups is 1. The van der Waals surface area contributed by atoms with Crippen molar-refractivity contribution in [3.8, 4) is 16.9 Å². The van der Waals surface area contributed by atoms with Gasteiger partial charge in [0.2, 0.25) is 5.91 Å². The number of hydrogen-bond donors (Lipinski definition) is 2. The van der Waals surface area contributed by atoms with Crippen LogP contribution in [0, 0.1) is 0 Å². The zero-order valence-corrected chi connectivity index (χ0v) is 19.5. The van der Waals surface area contributed by atoms with E-state index in [0.717, 1.165) is 53.2 Å². The Morgan fingerprint density at radius 3 is 2.88 bits per heavy atom. The molecular formula is C24H28N7O3+. The lowest BCUT2D eigenvalue weighted by molar-refractivity contribution is -0.324. The van der Waals surface area contributed by atoms with Gasteiger partial charge in [-0.25, -0.2) is 9.50 Å². The quantitative estimate of drug-likeness (QED) is 0.563. The lowest BCUT2D eigenvalue weighted by atomic mass is 9.92. The lowest BCUT2D eigenvalue weighted by Gasteiger charge is -2.26. The van der Waals surface area contributed by atoms with Gasteiger partial charge in [-0.3, -0.25) is 9.69 Å². The van der Waals surface area contributed by atoms with Gasteiger partial charge in [0.1, 0.15) is 12.0 Å². The molecule has 0 atom stereocenters. The number of nitrogens with zero attached hydrogens (tertiary/aromatic N) is 5. The average molecular weight is 463 g/mol. The summed E-state index contributed by atoms with van der Waals surface area (Å²) in [7, 11) is 1.61. The van der Waals surface area contributed by atoms with Crippen molar-refractivity contribution in [3.63, 3.8) is 0 Å². The predicted molar refractivity (Wildman–Crippen MR) is 128 cm³/mol. The molecule has 1 fully saturated rings. The normalized spacial score (nSPS) is 18.4. The molecule has 0 saturated carbocycles. The van der Waals surface area contributed by atoms with Crippen molar-refractivity contribution in [3.05, 3.63) is 36.3 Å². The number of carbonyl (C=O) groups is 2. The maximum absolute atomic E-state index is 13.1. The number of piperidine rings is 1. The Bertz CT molecular complexity index is 1340. The summed E-state index contributed by atoms with van der Waals surface area (Å²) in [6.07, 6.45) is 5.08. The maximum Gasteiger partial charge on any atom is 0.501 e. The Kier molecular flexibility index (Phi) is 5.52. The highest BCUT2D eigenvalue weighted by atomic mass is 16.5. The summed E-state index contributed by atoms with van der Waals surface area (Å²) >= 11 is 0. The number of aromatic nitrogens is 3. The highest BCUT2D eigenvalue weighted by molar-refractivity contribution is 6.01. The molecule has 3 amide bonds. The van der Waals surface area contributed by atoms with Crippen molar-refractivity contribution in [2.24, 2.45) is 5.73 Å². The molecular weight excluding hydrogens is 434 g/mol. The molecule has 0 bridgehead atoms. The van der Waals surface area contributed by atoms with Gasteiger partial charge in [-0.15, -0.1) is 0 Å². The molecule has 0 aliphatic carbocycles. The predicted octanol–water partition coefficient (Wildman–Crippen LogP) is 2.74. The van der Waals surface area contributed by atoms with Gasteiger partial charge in [0, 0.05) is 18.2 Å². The monoisotopic (exact) mass is 462 g/mol. The fourth-order valence-corrected chi connectivity index (χ4v) is 4.87. The molecule has 10 heteroatoms. The van der Waals surface area contributed by atoms with Gasteiger partial charge >= 0.3 is 6.03 Å². The molecule has 2 aliphatic rings. The second-order valence-corrected chi connectivity index (χ2v) is 9.05. The topological polar surface area (TPSA) is 118 Å². The lowest BCUT2D eigenvalue weighted by Crippen LogP contribution is -2.43. The van der Waals surface area contributed by atoms with E-state index in [1.165, 1.54) is 6.33 Å². The van der Waals surface area contributed by atoms with Crippen molar-refractivity contribution in [1.29, 1.82) is 0 Å². The highest BCUT2D eigenvalue weighted by Gasteiger charge is 2.37. The minimum Gasteiger partial charge on any atom is -0.493 e. The van der Waals surface area contributed by atoms with E-state index in [2.05, 4.69) is 35.3 Å². The number of anilines is 1. The van der Waals surface area contributed by atoms with Crippen molar-refractivity contribution < 1.29 is 18.9 Å². The molecule has 1 aromatic carbocycles. The third kappa shape index (κ3) is 3.79. The Morgan fingerprint density at radius 1 is 1.32 bits per heavy atom. The summed E-state index contributed by atoms with van der Waals surface area (Å²) < 4.78 is 9.01. The van der Waals surface area contributed by atoms with Crippen LogP contribution in [-0.2, 0) is 4.79 Å². The first-order chi connectivity index (χ1) is 16.4. The van der Waals surface area contributed by atoms with Crippen molar-refractivity contribution in [2.75, 3.05) is 32.1 Å². The standard InChI is InChI=1S/C24H27N7O3/c1-14(2)17-9-20-19(8-18(17)15-7-21(34-3)23-26-13-27-30(23)10-15)28-24(33)31(20)16-5-4-6-29(11-16)12-22(25)32/h7-10,13-14H,4-6,11-12H2,1-3H3,(H2-,25,28,32,33)/p+1/b31-16-. The summed E-state index contributed by atoms with van der Waals surface area (Å²) in [5.41, 5.74) is 11.6. The number of primary amides is 1. The summed E-state index contributed by atoms with van der Waals surface area (Å²) in [6.45, 7) is 5.78. The molecule has 0 radical (unpaired) electrons. The van der Waals surface area contributed by atoms with Crippen molar-refractivity contribution in [2.45, 2.75) is 32.6 Å². The molecule has 1 saturated heterocycles. The molecule has 34 heavy (non-hydrogen) atoms. The molecule has 10 nitrogen and oxygen atoms in total. The fourth-order valence-electron chi connectivity index (χ4n) is 4.87. The number of ether oxygens (including phenoxy) is 1. The minimum absolute atomic E-state index is 0.179. The Hall–Kier alpha value is -3.79. The van der Waals surface area contributed by atoms with Gasteiger partial charge in [0.05, 0.1) is 20.2 Å². The van der Waals surface area contributed by atoms with E-state index in [9.17, 15) is 9.59 Å². The van der Waals surface area contributed by atoms with Crippen LogP contribution in [0.4, 0.5) is 16.2 Å². The van der Waals surface area contributed by atoms with E-state index in [0.29, 0.717) is 17.9 Å². The summed E-state index contributed by atoms with van der Waals surface area (Å²) in [6, 6.07) is 5.88. The Balaban J connectivity index is 1.63. The van der Waals surface area contributed by atoms with E-state index in [4.69, 9.17) is 10.5 Å². The number of rotatable bonds is 5. The molecule has 2 aromatic heterocycles. The molecule has 0 spiro atoms. The molecule has 3 aromatic rings. The van der Waals surface area contributed by atoms with E-state index >= 15 is 0 Å². The van der Waals surface area contributed by atoms with Crippen LogP contribution in [0.5, 0.6) is 5.75 Å². The van der Waals surface area contributed by atoms with Crippen LogP contribution in [0.2, 0.25) is 0 Å². The number of fused-ring (bicyclic) bond motifs is 2. The number of nitrogens with one attached hydrogen (secondary N) is 1. The van der Waals surface area contributed by atoms with Gasteiger partial charge < -0.3 is 10.5 Å². The number of hydrogen-bond acceptors (Lipinski definition) is 6. The number of methoxy groups -OCH3 is 1. The summed E-state index contributed by atoms with van der Waals surface area (Å²) in [4.78, 5) is 30.7. The summed E-state index contributed by atoms with van der Waals surface area (Å²) in [5.74, 6) is 0.472. The minimum atomic E-state index is -0.362. The molecule has 5 rings (SSSR count).